The van der Waals surface area contributed by atoms with Crippen molar-refractivity contribution in [1.82, 2.24) is 0 Å². The zero-order valence-electron chi connectivity index (χ0n) is 30.5. The second kappa shape index (κ2) is 18.2. The Kier molecular flexibility index (Phi) is 13.5. The second-order valence-electron chi connectivity index (χ2n) is 12.8. The lowest BCUT2D eigenvalue weighted by atomic mass is 9.12. The molecular weight excluding hydrogens is 913 g/mol. The summed E-state index contributed by atoms with van der Waals surface area (Å²) in [6, 6.07) is 19.2. The number of pyridine rings is 1. The number of aromatic nitrogens is 1. The summed E-state index contributed by atoms with van der Waals surface area (Å²) in [5.74, 6) is -71.4. The maximum Gasteiger partial charge on any atom is 0.200 e. The monoisotopic (exact) mass is 925 g/mol. The molecule has 0 fully saturated rings. The van der Waals surface area contributed by atoms with Crippen molar-refractivity contribution in [2.24, 2.45) is 0 Å². The van der Waals surface area contributed by atoms with Crippen LogP contribution >= 0.6 is 0 Å². The Morgan fingerprint density at radius 1 is 0.359 bits per heavy atom. The van der Waals surface area contributed by atoms with Gasteiger partial charge < -0.3 is 0 Å². The highest BCUT2D eigenvalue weighted by Gasteiger charge is 2.52. The lowest BCUT2D eigenvalue weighted by Crippen LogP contribution is -2.81. The molecule has 0 aliphatic rings. The fourth-order valence-corrected chi connectivity index (χ4v) is 6.71. The summed E-state index contributed by atoms with van der Waals surface area (Å²) in [6.07, 6.45) is -3.39. The van der Waals surface area contributed by atoms with Crippen LogP contribution in [0.3, 0.4) is 0 Å². The minimum absolute atomic E-state index is 0.155. The van der Waals surface area contributed by atoms with Gasteiger partial charge in [-0.2, -0.15) is 10.5 Å². The molecule has 6 rings (SSSR count). The molecule has 0 saturated carbocycles. The fraction of sp³-hybridized carbons (Fsp3) is 0.0250. The summed E-state index contributed by atoms with van der Waals surface area (Å²) < 4.78 is 296. The molecule has 0 bridgehead atoms. The Morgan fingerprint density at radius 2 is 0.594 bits per heavy atom. The van der Waals surface area contributed by atoms with Crippen LogP contribution in [0.4, 0.5) is 87.8 Å². The molecule has 64 heavy (non-hydrogen) atoms. The smallest absolute Gasteiger partial charge is 0.200 e. The van der Waals surface area contributed by atoms with Crippen LogP contribution < -0.4 is 26.4 Å². The summed E-state index contributed by atoms with van der Waals surface area (Å²) >= 11 is 0. The van der Waals surface area contributed by atoms with Crippen LogP contribution in [0.2, 0.25) is 0 Å². The number of nitrogens with zero attached hydrogens (tertiary/aromatic N) is 3. The van der Waals surface area contributed by atoms with E-state index < -0.39 is 144 Å². The fourth-order valence-electron chi connectivity index (χ4n) is 6.71. The normalized spacial score (nSPS) is 11.2. The van der Waals surface area contributed by atoms with Gasteiger partial charge in [-0.25, -0.2) is 92.4 Å². The van der Waals surface area contributed by atoms with Crippen LogP contribution in [-0.2, 0) is 6.54 Å². The van der Waals surface area contributed by atoms with Crippen LogP contribution in [-0.4, -0.2) is 6.15 Å². The number of hydrogen-bond acceptors (Lipinski definition) is 2. The van der Waals surface area contributed by atoms with E-state index in [4.69, 9.17) is 10.5 Å². The maximum absolute atomic E-state index is 15.4. The number of hydrogen-bond donors (Lipinski definition) is 0. The molecule has 5 aromatic carbocycles. The van der Waals surface area contributed by atoms with Gasteiger partial charge in [0.25, 0.3) is 0 Å². The third-order valence-electron chi connectivity index (χ3n) is 9.47. The molecule has 1 heterocycles. The van der Waals surface area contributed by atoms with E-state index in [0.717, 1.165) is 11.1 Å². The van der Waals surface area contributed by atoms with Crippen LogP contribution in [0, 0.1) is 139 Å². The lowest BCUT2D eigenvalue weighted by Gasteiger charge is -2.44. The third kappa shape index (κ3) is 7.51. The van der Waals surface area contributed by atoms with Crippen LogP contribution in [0.5, 0.6) is 0 Å². The summed E-state index contributed by atoms with van der Waals surface area (Å²) in [5.41, 5.74) is -12.5. The maximum atomic E-state index is 15.4. The van der Waals surface area contributed by atoms with E-state index in [0.29, 0.717) is 6.54 Å². The minimum atomic E-state index is -7.22. The van der Waals surface area contributed by atoms with Gasteiger partial charge in [0.2, 0.25) is 0 Å². The molecule has 0 N–H and O–H groups in total. The predicted octanol–water partition coefficient (Wildman–Crippen LogP) is 8.32. The first-order valence-electron chi connectivity index (χ1n) is 16.8. The molecule has 0 unspecified atom stereocenters. The molecule has 0 spiro atoms. The number of benzene rings is 5. The number of allylic oxidation sites excluding steroid dienone is 2. The minimum Gasteiger partial charge on any atom is -0.207 e. The van der Waals surface area contributed by atoms with E-state index in [1.165, 1.54) is 0 Å². The number of rotatable bonds is 7. The first-order valence-corrected chi connectivity index (χ1v) is 16.8. The largest absolute Gasteiger partial charge is 0.207 e. The Bertz CT molecular complexity index is 2590. The summed E-state index contributed by atoms with van der Waals surface area (Å²) in [6.45, 7) is 0.501. The van der Waals surface area contributed by atoms with Gasteiger partial charge in [-0.15, -0.1) is 21.9 Å². The molecule has 6 aromatic rings. The molecule has 0 saturated heterocycles. The molecule has 0 amide bonds. The van der Waals surface area contributed by atoms with Crippen molar-refractivity contribution in [2.75, 3.05) is 0 Å². The van der Waals surface area contributed by atoms with Crippen molar-refractivity contribution in [3.05, 3.63) is 188 Å². The summed E-state index contributed by atoms with van der Waals surface area (Å²) in [4.78, 5) is 0. The van der Waals surface area contributed by atoms with Crippen molar-refractivity contribution in [3.63, 3.8) is 0 Å². The van der Waals surface area contributed by atoms with Crippen molar-refractivity contribution >= 4 is 33.6 Å². The van der Waals surface area contributed by atoms with Gasteiger partial charge in [0, 0.05) is 12.1 Å². The molecule has 3 nitrogen and oxygen atoms in total. The van der Waals surface area contributed by atoms with Crippen molar-refractivity contribution in [1.29, 1.82) is 10.5 Å². The second-order valence-corrected chi connectivity index (χ2v) is 12.8. The van der Waals surface area contributed by atoms with Gasteiger partial charge in [-0.1, -0.05) is 36.4 Å². The van der Waals surface area contributed by atoms with Crippen molar-refractivity contribution < 1.29 is 92.4 Å². The van der Waals surface area contributed by atoms with E-state index in [-0.39, 0.29) is 5.57 Å². The van der Waals surface area contributed by atoms with Gasteiger partial charge in [-0.05, 0) is 5.56 Å². The Balaban J connectivity index is 0.000000337. The van der Waals surface area contributed by atoms with Crippen LogP contribution in [0.25, 0.3) is 5.57 Å². The van der Waals surface area contributed by atoms with E-state index in [1.54, 1.807) is 0 Å². The van der Waals surface area contributed by atoms with E-state index >= 15 is 35.1 Å². The number of nitriles is 2. The van der Waals surface area contributed by atoms with Gasteiger partial charge in [-0.3, -0.25) is 0 Å². The molecule has 24 heteroatoms. The first-order chi connectivity index (χ1) is 30.0. The highest BCUT2D eigenvalue weighted by Crippen LogP contribution is 2.31. The predicted molar refractivity (Wildman–Crippen MR) is 180 cm³/mol. The molecule has 0 aliphatic heterocycles. The van der Waals surface area contributed by atoms with Crippen molar-refractivity contribution in [3.8, 4) is 12.1 Å². The number of halogens is 20. The average Bonchev–Trinajstić information content (AvgIpc) is 3.29. The Morgan fingerprint density at radius 3 is 0.844 bits per heavy atom. The standard InChI is InChI=1S/C24BF20.C16H12N3/c26-5-1(6(27)14(35)21(42)13(5)34)25(2-7(28)15(36)22(43)16(37)8(2)29,3-9(30)17(38)23(44)18(39)10(3)31)4-11(32)19(40)24(45)20(41)12(4)33;17-11-15(12-18)16(14-7-3-1-4-8-14)13-19-9-5-2-6-10-19/h;1-10H,13H2/q-1;+1. The van der Waals surface area contributed by atoms with Gasteiger partial charge in [0.15, 0.2) is 88.7 Å². The van der Waals surface area contributed by atoms with E-state index in [2.05, 4.69) is 0 Å². The van der Waals surface area contributed by atoms with Gasteiger partial charge in [0.1, 0.15) is 70.4 Å². The zero-order valence-corrected chi connectivity index (χ0v) is 30.5. The Labute approximate surface area is 343 Å². The molecular formula is C40H12BF20N3. The van der Waals surface area contributed by atoms with E-state index in [1.807, 2.05) is 77.6 Å². The van der Waals surface area contributed by atoms with Crippen molar-refractivity contribution in [2.45, 2.75) is 6.54 Å². The topological polar surface area (TPSA) is 51.5 Å². The third-order valence-corrected chi connectivity index (χ3v) is 9.47. The molecule has 0 aliphatic carbocycles. The lowest BCUT2D eigenvalue weighted by molar-refractivity contribution is -0.684. The first kappa shape index (κ1) is 47.7. The highest BCUT2D eigenvalue weighted by molar-refractivity contribution is 7.20. The molecule has 330 valence electrons. The zero-order chi connectivity index (χ0) is 47.9. The Hall–Kier alpha value is -7.37. The summed E-state index contributed by atoms with van der Waals surface area (Å²) in [7, 11) is 0. The van der Waals surface area contributed by atoms with Gasteiger partial charge in [0.05, 0.1) is 5.57 Å². The van der Waals surface area contributed by atoms with Crippen LogP contribution in [0.1, 0.15) is 5.56 Å². The highest BCUT2D eigenvalue weighted by atomic mass is 19.2. The van der Waals surface area contributed by atoms with Gasteiger partial charge >= 0.3 is 0 Å². The SMILES string of the molecule is Fc1c(F)c(F)c([B-](c2c(F)c(F)c(F)c(F)c2F)(c2c(F)c(F)c(F)c(F)c2F)c2c(F)c(F)c(F)c(F)c2F)c(F)c1F.N#CC(C#N)=C(C[n+]1ccccc1)c1ccccc1. The molecule has 0 atom stereocenters. The van der Waals surface area contributed by atoms with Crippen LogP contribution in [0.15, 0.2) is 66.5 Å². The van der Waals surface area contributed by atoms with E-state index in [9.17, 15) is 52.7 Å². The molecule has 1 aromatic heterocycles. The molecule has 0 radical (unpaired) electrons. The average molecular weight is 925 g/mol. The summed E-state index contributed by atoms with van der Waals surface area (Å²) in [5, 5.41) is 18.2. The quantitative estimate of drug-likeness (QED) is 0.0404.